The van der Waals surface area contributed by atoms with E-state index in [9.17, 15) is 0 Å². The lowest BCUT2D eigenvalue weighted by molar-refractivity contribution is -0.273. The van der Waals surface area contributed by atoms with Gasteiger partial charge in [0.2, 0.25) is 6.79 Å². The van der Waals surface area contributed by atoms with E-state index in [0.717, 1.165) is 12.0 Å². The summed E-state index contributed by atoms with van der Waals surface area (Å²) in [6.45, 7) is 6.38. The van der Waals surface area contributed by atoms with Crippen molar-refractivity contribution in [3.63, 3.8) is 0 Å². The van der Waals surface area contributed by atoms with Crippen LogP contribution in [0.4, 0.5) is 0 Å². The first-order valence-corrected chi connectivity index (χ1v) is 6.75. The van der Waals surface area contributed by atoms with Crippen molar-refractivity contribution in [1.82, 2.24) is 0 Å². The van der Waals surface area contributed by atoms with Crippen LogP contribution in [0.2, 0.25) is 5.02 Å². The maximum absolute atomic E-state index is 6.29. The Bertz CT molecular complexity index is 500. The Morgan fingerprint density at radius 3 is 2.58 bits per heavy atom. The first-order chi connectivity index (χ1) is 8.94. The van der Waals surface area contributed by atoms with Crippen molar-refractivity contribution in [3.8, 4) is 11.5 Å². The third kappa shape index (κ3) is 2.53. The molecule has 0 aliphatic carbocycles. The fourth-order valence-corrected chi connectivity index (χ4v) is 2.81. The second-order valence-corrected chi connectivity index (χ2v) is 5.99. The van der Waals surface area contributed by atoms with Gasteiger partial charge in [-0.3, -0.25) is 0 Å². The standard InChI is InChI=1S/C14H17ClO4/c1-8-6-14(2,3)19-13(18-8)9-4-11-12(5-10(9)15)17-7-16-11/h4-5,8,13H,6-7H2,1-3H3. The van der Waals surface area contributed by atoms with Gasteiger partial charge in [-0.1, -0.05) is 11.6 Å². The van der Waals surface area contributed by atoms with Crippen LogP contribution in [-0.2, 0) is 9.47 Å². The number of fused-ring (bicyclic) bond motifs is 1. The molecule has 2 aliphatic rings. The van der Waals surface area contributed by atoms with Crippen molar-refractivity contribution in [1.29, 1.82) is 0 Å². The van der Waals surface area contributed by atoms with Gasteiger partial charge in [-0.15, -0.1) is 0 Å². The summed E-state index contributed by atoms with van der Waals surface area (Å²) in [6, 6.07) is 3.58. The van der Waals surface area contributed by atoms with Gasteiger partial charge in [-0.25, -0.2) is 0 Å². The zero-order valence-corrected chi connectivity index (χ0v) is 12.0. The number of benzene rings is 1. The van der Waals surface area contributed by atoms with Crippen molar-refractivity contribution in [2.45, 2.75) is 45.2 Å². The Morgan fingerprint density at radius 1 is 1.21 bits per heavy atom. The molecule has 2 unspecified atom stereocenters. The lowest BCUT2D eigenvalue weighted by atomic mass is 9.99. The van der Waals surface area contributed by atoms with Gasteiger partial charge in [-0.2, -0.15) is 0 Å². The highest BCUT2D eigenvalue weighted by Gasteiger charge is 2.35. The quantitative estimate of drug-likeness (QED) is 0.788. The van der Waals surface area contributed by atoms with Crippen molar-refractivity contribution in [3.05, 3.63) is 22.7 Å². The van der Waals surface area contributed by atoms with Crippen molar-refractivity contribution >= 4 is 11.6 Å². The minimum Gasteiger partial charge on any atom is -0.454 e. The maximum atomic E-state index is 6.29. The predicted molar refractivity (Wildman–Crippen MR) is 70.6 cm³/mol. The minimum absolute atomic E-state index is 0.121. The number of rotatable bonds is 1. The maximum Gasteiger partial charge on any atom is 0.231 e. The average Bonchev–Trinajstić information content (AvgIpc) is 2.71. The van der Waals surface area contributed by atoms with Gasteiger partial charge in [0.15, 0.2) is 17.8 Å². The Hall–Kier alpha value is -0.970. The molecule has 3 rings (SSSR count). The lowest BCUT2D eigenvalue weighted by Gasteiger charge is -2.39. The summed E-state index contributed by atoms with van der Waals surface area (Å²) in [5, 5.41) is 0.569. The van der Waals surface area contributed by atoms with Gasteiger partial charge in [0.25, 0.3) is 0 Å². The van der Waals surface area contributed by atoms with E-state index in [4.69, 9.17) is 30.5 Å². The monoisotopic (exact) mass is 284 g/mol. The topological polar surface area (TPSA) is 36.9 Å². The molecule has 0 N–H and O–H groups in total. The summed E-state index contributed by atoms with van der Waals surface area (Å²) in [5.41, 5.74) is 0.549. The van der Waals surface area contributed by atoms with E-state index in [1.54, 1.807) is 6.07 Å². The van der Waals surface area contributed by atoms with Crippen LogP contribution in [0.25, 0.3) is 0 Å². The molecule has 1 fully saturated rings. The molecule has 2 heterocycles. The summed E-state index contributed by atoms with van der Waals surface area (Å²) in [5.74, 6) is 1.35. The predicted octanol–water partition coefficient (Wildman–Crippen LogP) is 3.67. The third-order valence-electron chi connectivity index (χ3n) is 3.31. The molecule has 0 aromatic heterocycles. The summed E-state index contributed by atoms with van der Waals surface area (Å²) >= 11 is 6.29. The molecule has 0 saturated carbocycles. The van der Waals surface area contributed by atoms with Crippen LogP contribution in [0.5, 0.6) is 11.5 Å². The van der Waals surface area contributed by atoms with E-state index in [1.165, 1.54) is 0 Å². The molecule has 19 heavy (non-hydrogen) atoms. The summed E-state index contributed by atoms with van der Waals surface area (Å²) in [4.78, 5) is 0. The number of hydrogen-bond donors (Lipinski definition) is 0. The largest absolute Gasteiger partial charge is 0.454 e. The smallest absolute Gasteiger partial charge is 0.231 e. The number of ether oxygens (including phenoxy) is 4. The van der Waals surface area contributed by atoms with E-state index in [2.05, 4.69) is 13.8 Å². The fraction of sp³-hybridized carbons (Fsp3) is 0.571. The Labute approximate surface area is 117 Å². The molecule has 0 amide bonds. The van der Waals surface area contributed by atoms with Gasteiger partial charge in [0.1, 0.15) is 0 Å². The molecule has 104 valence electrons. The first-order valence-electron chi connectivity index (χ1n) is 6.37. The van der Waals surface area contributed by atoms with Crippen molar-refractivity contribution in [2.75, 3.05) is 6.79 Å². The highest BCUT2D eigenvalue weighted by atomic mass is 35.5. The summed E-state index contributed by atoms with van der Waals surface area (Å²) in [7, 11) is 0. The first kappa shape index (κ1) is 13.0. The highest BCUT2D eigenvalue weighted by Crippen LogP contribution is 2.43. The molecule has 0 radical (unpaired) electrons. The van der Waals surface area contributed by atoms with Crippen LogP contribution < -0.4 is 9.47 Å². The Morgan fingerprint density at radius 2 is 1.89 bits per heavy atom. The third-order valence-corrected chi connectivity index (χ3v) is 3.63. The van der Waals surface area contributed by atoms with Crippen LogP contribution in [0.3, 0.4) is 0 Å². The van der Waals surface area contributed by atoms with Crippen LogP contribution in [-0.4, -0.2) is 18.5 Å². The summed E-state index contributed by atoms with van der Waals surface area (Å²) in [6.07, 6.45) is 0.502. The average molecular weight is 285 g/mol. The molecular formula is C14H17ClO4. The van der Waals surface area contributed by atoms with E-state index in [0.29, 0.717) is 16.5 Å². The zero-order valence-electron chi connectivity index (χ0n) is 11.2. The summed E-state index contributed by atoms with van der Waals surface area (Å²) < 4.78 is 22.5. The van der Waals surface area contributed by atoms with E-state index in [-0.39, 0.29) is 18.5 Å². The fourth-order valence-electron chi connectivity index (χ4n) is 2.57. The molecular weight excluding hydrogens is 268 g/mol. The Balaban J connectivity index is 1.93. The second kappa shape index (κ2) is 4.54. The number of hydrogen-bond acceptors (Lipinski definition) is 4. The Kier molecular flexibility index (Phi) is 3.12. The van der Waals surface area contributed by atoms with Gasteiger partial charge in [0.05, 0.1) is 16.7 Å². The van der Waals surface area contributed by atoms with Crippen LogP contribution in [0.15, 0.2) is 12.1 Å². The van der Waals surface area contributed by atoms with Gasteiger partial charge in [-0.05, 0) is 26.8 Å². The van der Waals surface area contributed by atoms with E-state index >= 15 is 0 Å². The SMILES string of the molecule is CC1CC(C)(C)OC(c2cc3c(cc2Cl)OCO3)O1. The molecule has 0 bridgehead atoms. The molecule has 2 atom stereocenters. The van der Waals surface area contributed by atoms with Gasteiger partial charge in [0, 0.05) is 18.1 Å². The molecule has 1 aromatic carbocycles. The minimum atomic E-state index is -0.472. The molecule has 1 saturated heterocycles. The second-order valence-electron chi connectivity index (χ2n) is 5.59. The molecule has 1 aromatic rings. The molecule has 2 aliphatic heterocycles. The number of halogens is 1. The molecule has 0 spiro atoms. The zero-order chi connectivity index (χ0) is 13.6. The van der Waals surface area contributed by atoms with Gasteiger partial charge < -0.3 is 18.9 Å². The van der Waals surface area contributed by atoms with Crippen LogP contribution >= 0.6 is 11.6 Å². The van der Waals surface area contributed by atoms with Crippen molar-refractivity contribution in [2.24, 2.45) is 0 Å². The van der Waals surface area contributed by atoms with Crippen LogP contribution in [0, 0.1) is 0 Å². The van der Waals surface area contributed by atoms with E-state index in [1.807, 2.05) is 13.0 Å². The van der Waals surface area contributed by atoms with Crippen LogP contribution in [0.1, 0.15) is 39.0 Å². The lowest BCUT2D eigenvalue weighted by Crippen LogP contribution is -2.39. The van der Waals surface area contributed by atoms with Gasteiger partial charge >= 0.3 is 0 Å². The molecule has 4 nitrogen and oxygen atoms in total. The van der Waals surface area contributed by atoms with E-state index < -0.39 is 6.29 Å². The van der Waals surface area contributed by atoms with Crippen molar-refractivity contribution < 1.29 is 18.9 Å². The highest BCUT2D eigenvalue weighted by molar-refractivity contribution is 6.31. The normalized spacial score (nSPS) is 28.4. The molecule has 5 heteroatoms.